The molecule has 154 valence electrons. The average Bonchev–Trinajstić information content (AvgIpc) is 3.27. The number of hydrogen-bond acceptors (Lipinski definition) is 4. The quantitative estimate of drug-likeness (QED) is 0.495. The van der Waals surface area contributed by atoms with E-state index in [-0.39, 0.29) is 11.5 Å². The van der Waals surface area contributed by atoms with Gasteiger partial charge in [-0.05, 0) is 55.8 Å². The minimum absolute atomic E-state index is 0.0529. The third kappa shape index (κ3) is 3.32. The predicted molar refractivity (Wildman–Crippen MR) is 116 cm³/mol. The second kappa shape index (κ2) is 8.02. The van der Waals surface area contributed by atoms with Crippen LogP contribution in [-0.2, 0) is 6.54 Å². The zero-order valence-electron chi connectivity index (χ0n) is 17.3. The molecule has 0 spiro atoms. The number of carbonyl (C=O) groups is 1. The fourth-order valence-corrected chi connectivity index (χ4v) is 3.76. The van der Waals surface area contributed by atoms with Crippen LogP contribution in [0.25, 0.3) is 16.6 Å². The Kier molecular flexibility index (Phi) is 5.27. The van der Waals surface area contributed by atoms with Crippen molar-refractivity contribution in [3.8, 4) is 5.75 Å². The summed E-state index contributed by atoms with van der Waals surface area (Å²) in [6.07, 6.45) is 1.61. The highest BCUT2D eigenvalue weighted by Gasteiger charge is 2.17. The summed E-state index contributed by atoms with van der Waals surface area (Å²) >= 11 is 0. The Morgan fingerprint density at radius 1 is 1.03 bits per heavy atom. The summed E-state index contributed by atoms with van der Waals surface area (Å²) in [5.74, 6) is 0.676. The molecule has 0 aliphatic rings. The molecule has 0 saturated carbocycles. The molecule has 0 aliphatic carbocycles. The van der Waals surface area contributed by atoms with E-state index in [1.807, 2.05) is 44.2 Å². The topological polar surface area (TPSA) is 68.8 Å². The minimum atomic E-state index is -0.157. The maximum atomic E-state index is 13.3. The van der Waals surface area contributed by atoms with Crippen LogP contribution in [0.15, 0.2) is 59.5 Å². The predicted octanol–water partition coefficient (Wildman–Crippen LogP) is 3.19. The van der Waals surface area contributed by atoms with E-state index in [1.54, 1.807) is 45.5 Å². The molecular formula is C23H24N4O3. The van der Waals surface area contributed by atoms with Crippen LogP contribution in [0.3, 0.4) is 0 Å². The third-order valence-electron chi connectivity index (χ3n) is 5.37. The molecule has 4 aromatic rings. The monoisotopic (exact) mass is 404 g/mol. The molecule has 0 saturated heterocycles. The van der Waals surface area contributed by atoms with Gasteiger partial charge in [-0.25, -0.2) is 4.52 Å². The molecule has 7 nitrogen and oxygen atoms in total. The molecule has 0 radical (unpaired) electrons. The molecule has 1 amide bonds. The van der Waals surface area contributed by atoms with Crippen LogP contribution in [0, 0.1) is 0 Å². The molecule has 2 aromatic carbocycles. The maximum absolute atomic E-state index is 13.3. The molecule has 2 aromatic heterocycles. The maximum Gasteiger partial charge on any atom is 0.277 e. The summed E-state index contributed by atoms with van der Waals surface area (Å²) in [4.78, 5) is 27.9. The number of rotatable bonds is 6. The lowest BCUT2D eigenvalue weighted by Gasteiger charge is -2.19. The smallest absolute Gasteiger partial charge is 0.277 e. The molecule has 0 atom stereocenters. The van der Waals surface area contributed by atoms with Crippen LogP contribution in [-0.4, -0.2) is 45.2 Å². The van der Waals surface area contributed by atoms with E-state index in [4.69, 9.17) is 4.74 Å². The van der Waals surface area contributed by atoms with Gasteiger partial charge < -0.3 is 14.2 Å². The molecule has 2 heterocycles. The van der Waals surface area contributed by atoms with Gasteiger partial charge in [-0.15, -0.1) is 0 Å². The van der Waals surface area contributed by atoms with Crippen molar-refractivity contribution in [3.63, 3.8) is 0 Å². The standard InChI is InChI=1S/C23H24N4O3/c1-4-25(5-2)22(28)17-9-10-19-21(14-17)26(23(29)20-11-12-24-27(19)20)15-16-7-6-8-18(13-16)30-3/h6-14H,4-5,15H2,1-3H3. The van der Waals surface area contributed by atoms with Gasteiger partial charge in [0.2, 0.25) is 0 Å². The molecule has 0 bridgehead atoms. The first-order chi connectivity index (χ1) is 14.6. The van der Waals surface area contributed by atoms with Crippen molar-refractivity contribution in [2.24, 2.45) is 0 Å². The van der Waals surface area contributed by atoms with Crippen molar-refractivity contribution in [2.45, 2.75) is 20.4 Å². The summed E-state index contributed by atoms with van der Waals surface area (Å²) in [6, 6.07) is 14.8. The van der Waals surface area contributed by atoms with E-state index in [2.05, 4.69) is 5.10 Å². The van der Waals surface area contributed by atoms with Crippen molar-refractivity contribution in [3.05, 3.63) is 76.2 Å². The van der Waals surface area contributed by atoms with Gasteiger partial charge in [-0.3, -0.25) is 9.59 Å². The summed E-state index contributed by atoms with van der Waals surface area (Å²) in [6.45, 7) is 5.52. The largest absolute Gasteiger partial charge is 0.497 e. The Morgan fingerprint density at radius 2 is 1.83 bits per heavy atom. The van der Waals surface area contributed by atoms with E-state index >= 15 is 0 Å². The first kappa shape index (κ1) is 19.7. The summed E-state index contributed by atoms with van der Waals surface area (Å²) < 4.78 is 8.64. The third-order valence-corrected chi connectivity index (χ3v) is 5.37. The molecule has 0 fully saturated rings. The van der Waals surface area contributed by atoms with E-state index in [9.17, 15) is 9.59 Å². The van der Waals surface area contributed by atoms with Crippen LogP contribution in [0.4, 0.5) is 0 Å². The number of methoxy groups -OCH3 is 1. The first-order valence-corrected chi connectivity index (χ1v) is 9.99. The fourth-order valence-electron chi connectivity index (χ4n) is 3.76. The number of nitrogens with zero attached hydrogens (tertiary/aromatic N) is 4. The van der Waals surface area contributed by atoms with Gasteiger partial charge in [-0.1, -0.05) is 12.1 Å². The summed E-state index contributed by atoms with van der Waals surface area (Å²) in [5.41, 5.74) is 3.26. The Morgan fingerprint density at radius 3 is 2.57 bits per heavy atom. The van der Waals surface area contributed by atoms with Gasteiger partial charge in [0.1, 0.15) is 11.3 Å². The number of ether oxygens (including phenoxy) is 1. The number of benzene rings is 2. The van der Waals surface area contributed by atoms with Crippen molar-refractivity contribution in [1.82, 2.24) is 19.1 Å². The fraction of sp³-hybridized carbons (Fsp3) is 0.261. The summed E-state index contributed by atoms with van der Waals surface area (Å²) in [7, 11) is 1.62. The second-order valence-corrected chi connectivity index (χ2v) is 7.05. The van der Waals surface area contributed by atoms with E-state index in [1.165, 1.54) is 0 Å². The van der Waals surface area contributed by atoms with Gasteiger partial charge in [0.25, 0.3) is 11.5 Å². The highest BCUT2D eigenvalue weighted by Crippen LogP contribution is 2.20. The van der Waals surface area contributed by atoms with Gasteiger partial charge in [0.05, 0.1) is 30.9 Å². The molecule has 0 aliphatic heterocycles. The highest BCUT2D eigenvalue weighted by molar-refractivity contribution is 5.97. The molecule has 0 unspecified atom stereocenters. The summed E-state index contributed by atoms with van der Waals surface area (Å²) in [5, 5.41) is 4.31. The lowest BCUT2D eigenvalue weighted by atomic mass is 10.1. The van der Waals surface area contributed by atoms with Crippen LogP contribution in [0.5, 0.6) is 5.75 Å². The molecule has 7 heteroatoms. The number of amides is 1. The molecule has 0 N–H and O–H groups in total. The van der Waals surface area contributed by atoms with Crippen molar-refractivity contribution >= 4 is 22.5 Å². The first-order valence-electron chi connectivity index (χ1n) is 9.99. The van der Waals surface area contributed by atoms with E-state index in [0.717, 1.165) is 16.8 Å². The molecule has 4 rings (SSSR count). The number of carbonyl (C=O) groups excluding carboxylic acids is 1. The van der Waals surface area contributed by atoms with Crippen molar-refractivity contribution < 1.29 is 9.53 Å². The van der Waals surface area contributed by atoms with Crippen molar-refractivity contribution in [1.29, 1.82) is 0 Å². The number of hydrogen-bond donors (Lipinski definition) is 0. The lowest BCUT2D eigenvalue weighted by molar-refractivity contribution is 0.0773. The van der Waals surface area contributed by atoms with Crippen molar-refractivity contribution in [2.75, 3.05) is 20.2 Å². The zero-order chi connectivity index (χ0) is 21.3. The SMILES string of the molecule is CCN(CC)C(=O)c1ccc2c(c1)n(Cc1cccc(OC)c1)c(=O)c1ccnn12. The molecule has 30 heavy (non-hydrogen) atoms. The Labute approximate surface area is 174 Å². The normalized spacial score (nSPS) is 11.2. The van der Waals surface area contributed by atoms with Crippen LogP contribution in [0.2, 0.25) is 0 Å². The van der Waals surface area contributed by atoms with Gasteiger partial charge in [0.15, 0.2) is 0 Å². The lowest BCUT2D eigenvalue weighted by Crippen LogP contribution is -2.30. The Hall–Kier alpha value is -3.61. The Balaban J connectivity index is 1.93. The minimum Gasteiger partial charge on any atom is -0.497 e. The van der Waals surface area contributed by atoms with Gasteiger partial charge >= 0.3 is 0 Å². The van der Waals surface area contributed by atoms with E-state index in [0.29, 0.717) is 36.2 Å². The highest BCUT2D eigenvalue weighted by atomic mass is 16.5. The number of fused-ring (bicyclic) bond motifs is 3. The van der Waals surface area contributed by atoms with Gasteiger partial charge in [0, 0.05) is 18.7 Å². The average molecular weight is 404 g/mol. The van der Waals surface area contributed by atoms with E-state index < -0.39 is 0 Å². The zero-order valence-corrected chi connectivity index (χ0v) is 17.3. The Bertz CT molecular complexity index is 1280. The van der Waals surface area contributed by atoms with Crippen LogP contribution < -0.4 is 10.3 Å². The van der Waals surface area contributed by atoms with Gasteiger partial charge in [-0.2, -0.15) is 5.10 Å². The van der Waals surface area contributed by atoms with Crippen LogP contribution in [0.1, 0.15) is 29.8 Å². The van der Waals surface area contributed by atoms with Crippen LogP contribution >= 0.6 is 0 Å². The second-order valence-electron chi connectivity index (χ2n) is 7.05. The molecular weight excluding hydrogens is 380 g/mol. The number of aromatic nitrogens is 3.